The Hall–Kier alpha value is -2.59. The van der Waals surface area contributed by atoms with Crippen LogP contribution in [0, 0.1) is 0 Å². The van der Waals surface area contributed by atoms with Crippen molar-refractivity contribution in [1.82, 2.24) is 0 Å². The minimum Gasteiger partial charge on any atom is -0.440 e. The Labute approximate surface area is 146 Å². The van der Waals surface area contributed by atoms with Crippen molar-refractivity contribution in [1.29, 1.82) is 0 Å². The van der Waals surface area contributed by atoms with Gasteiger partial charge in [-0.1, -0.05) is 37.3 Å². The number of ether oxygens (including phenoxy) is 1. The van der Waals surface area contributed by atoms with Crippen molar-refractivity contribution in [2.24, 2.45) is 0 Å². The lowest BCUT2D eigenvalue weighted by Gasteiger charge is -2.27. The van der Waals surface area contributed by atoms with Crippen LogP contribution in [0.3, 0.4) is 0 Å². The van der Waals surface area contributed by atoms with Crippen LogP contribution in [0.5, 0.6) is 0 Å². The Balaban J connectivity index is 1.87. The zero-order valence-electron chi connectivity index (χ0n) is 14.3. The zero-order chi connectivity index (χ0) is 17.2. The minimum absolute atomic E-state index is 0.00947. The first-order valence-corrected chi connectivity index (χ1v) is 8.75. The molecule has 4 rings (SSSR count). The first-order chi connectivity index (χ1) is 12.3. The molecule has 3 aromatic rings. The highest BCUT2D eigenvalue weighted by atomic mass is 16.5. The third kappa shape index (κ3) is 3.05. The van der Waals surface area contributed by atoms with Gasteiger partial charge in [-0.2, -0.15) is 0 Å². The lowest BCUT2D eigenvalue weighted by Crippen LogP contribution is -2.36. The van der Waals surface area contributed by atoms with Gasteiger partial charge < -0.3 is 14.1 Å². The minimum atomic E-state index is 0.00947. The van der Waals surface area contributed by atoms with Gasteiger partial charge in [0, 0.05) is 19.2 Å². The number of anilines is 1. The third-order valence-electron chi connectivity index (χ3n) is 4.70. The number of aryl methyl sites for hydroxylation is 1. The molecule has 1 aliphatic heterocycles. The number of morpholine rings is 1. The van der Waals surface area contributed by atoms with Crippen LogP contribution < -0.4 is 10.3 Å². The van der Waals surface area contributed by atoms with Crippen LogP contribution in [0.4, 0.5) is 5.88 Å². The van der Waals surface area contributed by atoms with E-state index in [-0.39, 0.29) is 5.43 Å². The summed E-state index contributed by atoms with van der Waals surface area (Å²) in [5, 5.41) is 0.648. The molecule has 4 nitrogen and oxygen atoms in total. The lowest BCUT2D eigenvalue weighted by molar-refractivity contribution is 0.121. The van der Waals surface area contributed by atoms with Gasteiger partial charge in [0.1, 0.15) is 5.58 Å². The molecule has 1 aliphatic rings. The molecule has 0 saturated carbocycles. The maximum absolute atomic E-state index is 12.8. The molecule has 0 spiro atoms. The average molecular weight is 335 g/mol. The Morgan fingerprint density at radius 3 is 2.48 bits per heavy atom. The van der Waals surface area contributed by atoms with Gasteiger partial charge in [0.15, 0.2) is 11.3 Å². The first-order valence-electron chi connectivity index (χ1n) is 8.75. The molecule has 25 heavy (non-hydrogen) atoms. The number of hydrogen-bond acceptors (Lipinski definition) is 4. The molecule has 1 saturated heterocycles. The molecule has 2 aromatic carbocycles. The molecule has 0 aliphatic carbocycles. The predicted molar refractivity (Wildman–Crippen MR) is 100 cm³/mol. The number of benzene rings is 2. The Bertz CT molecular complexity index is 941. The van der Waals surface area contributed by atoms with E-state index in [1.165, 1.54) is 0 Å². The third-order valence-corrected chi connectivity index (χ3v) is 4.70. The summed E-state index contributed by atoms with van der Waals surface area (Å²) in [6.07, 6.45) is 0.812. The normalized spacial score (nSPS) is 14.8. The molecular formula is C21H21NO3. The fourth-order valence-corrected chi connectivity index (χ4v) is 3.32. The van der Waals surface area contributed by atoms with Crippen molar-refractivity contribution in [3.05, 3.63) is 64.3 Å². The van der Waals surface area contributed by atoms with Crippen molar-refractivity contribution in [2.75, 3.05) is 31.2 Å². The van der Waals surface area contributed by atoms with Crippen LogP contribution in [-0.2, 0) is 11.2 Å². The van der Waals surface area contributed by atoms with Gasteiger partial charge in [-0.25, -0.2) is 0 Å². The molecule has 1 fully saturated rings. The van der Waals surface area contributed by atoms with E-state index in [0.29, 0.717) is 30.1 Å². The number of nitrogens with zero attached hydrogens (tertiary/aromatic N) is 1. The maximum Gasteiger partial charge on any atom is 0.200 e. The number of rotatable bonds is 3. The first kappa shape index (κ1) is 15.9. The maximum atomic E-state index is 12.8. The van der Waals surface area contributed by atoms with Gasteiger partial charge in [0.25, 0.3) is 0 Å². The summed E-state index contributed by atoms with van der Waals surface area (Å²) < 4.78 is 11.6. The van der Waals surface area contributed by atoms with Gasteiger partial charge in [0.2, 0.25) is 0 Å². The van der Waals surface area contributed by atoms with Gasteiger partial charge >= 0.3 is 0 Å². The largest absolute Gasteiger partial charge is 0.440 e. The molecule has 2 heterocycles. The SMILES string of the molecule is CCc1cc(-c2ccccc2)cc2c(=O)cc(N3CCOCC3)oc12. The fourth-order valence-electron chi connectivity index (χ4n) is 3.32. The molecule has 128 valence electrons. The Kier molecular flexibility index (Phi) is 4.28. The average Bonchev–Trinajstić information content (AvgIpc) is 2.68. The van der Waals surface area contributed by atoms with Crippen LogP contribution in [0.1, 0.15) is 12.5 Å². The molecule has 0 unspecified atom stereocenters. The van der Waals surface area contributed by atoms with Crippen molar-refractivity contribution < 1.29 is 9.15 Å². The molecule has 0 atom stereocenters. The highest BCUT2D eigenvalue weighted by Gasteiger charge is 2.17. The zero-order valence-corrected chi connectivity index (χ0v) is 14.3. The van der Waals surface area contributed by atoms with E-state index >= 15 is 0 Å². The lowest BCUT2D eigenvalue weighted by atomic mass is 9.99. The van der Waals surface area contributed by atoms with Crippen molar-refractivity contribution in [3.63, 3.8) is 0 Å². The van der Waals surface area contributed by atoms with Crippen molar-refractivity contribution in [2.45, 2.75) is 13.3 Å². The number of fused-ring (bicyclic) bond motifs is 1. The molecule has 0 N–H and O–H groups in total. The summed E-state index contributed by atoms with van der Waals surface area (Å²) in [5.41, 5.74) is 3.93. The van der Waals surface area contributed by atoms with Crippen LogP contribution >= 0.6 is 0 Å². The fraction of sp³-hybridized carbons (Fsp3) is 0.286. The van der Waals surface area contributed by atoms with Crippen molar-refractivity contribution in [3.8, 4) is 11.1 Å². The van der Waals surface area contributed by atoms with Crippen LogP contribution in [0.15, 0.2) is 57.7 Å². The Morgan fingerprint density at radius 2 is 1.76 bits per heavy atom. The summed E-state index contributed by atoms with van der Waals surface area (Å²) >= 11 is 0. The summed E-state index contributed by atoms with van der Waals surface area (Å²) in [7, 11) is 0. The molecule has 0 amide bonds. The van der Waals surface area contributed by atoms with Gasteiger partial charge in [-0.05, 0) is 35.2 Å². The molecule has 1 aromatic heterocycles. The smallest absolute Gasteiger partial charge is 0.200 e. The van der Waals surface area contributed by atoms with Crippen molar-refractivity contribution >= 4 is 16.9 Å². The summed E-state index contributed by atoms with van der Waals surface area (Å²) in [4.78, 5) is 14.9. The summed E-state index contributed by atoms with van der Waals surface area (Å²) in [5.74, 6) is 0.642. The summed E-state index contributed by atoms with van der Waals surface area (Å²) in [6.45, 7) is 4.91. The quantitative estimate of drug-likeness (QED) is 0.729. The Morgan fingerprint density at radius 1 is 1.00 bits per heavy atom. The molecular weight excluding hydrogens is 314 g/mol. The number of hydrogen-bond donors (Lipinski definition) is 0. The highest BCUT2D eigenvalue weighted by molar-refractivity contribution is 5.86. The van der Waals surface area contributed by atoms with Crippen LogP contribution in [0.25, 0.3) is 22.1 Å². The topological polar surface area (TPSA) is 42.7 Å². The van der Waals surface area contributed by atoms with E-state index in [4.69, 9.17) is 9.15 Å². The van der Waals surface area contributed by atoms with Gasteiger partial charge in [-0.15, -0.1) is 0 Å². The van der Waals surface area contributed by atoms with E-state index in [1.807, 2.05) is 24.3 Å². The van der Waals surface area contributed by atoms with E-state index in [1.54, 1.807) is 6.07 Å². The van der Waals surface area contributed by atoms with E-state index in [0.717, 1.165) is 36.2 Å². The van der Waals surface area contributed by atoms with Gasteiger partial charge in [-0.3, -0.25) is 4.79 Å². The standard InChI is InChI=1S/C21H21NO3/c1-2-15-12-17(16-6-4-3-5-7-16)13-18-19(23)14-20(25-21(15)18)22-8-10-24-11-9-22/h3-7,12-14H,2,8-11H2,1H3. The second kappa shape index (κ2) is 6.73. The van der Waals surface area contributed by atoms with E-state index in [2.05, 4.69) is 30.0 Å². The highest BCUT2D eigenvalue weighted by Crippen LogP contribution is 2.29. The monoisotopic (exact) mass is 335 g/mol. The summed E-state index contributed by atoms with van der Waals surface area (Å²) in [6, 6.07) is 15.8. The van der Waals surface area contributed by atoms with Gasteiger partial charge in [0.05, 0.1) is 18.6 Å². The van der Waals surface area contributed by atoms with E-state index in [9.17, 15) is 4.79 Å². The predicted octanol–water partition coefficient (Wildman–Crippen LogP) is 3.86. The second-order valence-corrected chi connectivity index (χ2v) is 6.28. The molecule has 0 radical (unpaired) electrons. The molecule has 0 bridgehead atoms. The second-order valence-electron chi connectivity index (χ2n) is 6.28. The van der Waals surface area contributed by atoms with Crippen LogP contribution in [-0.4, -0.2) is 26.3 Å². The van der Waals surface area contributed by atoms with Crippen LogP contribution in [0.2, 0.25) is 0 Å². The molecule has 4 heteroatoms. The van der Waals surface area contributed by atoms with E-state index < -0.39 is 0 Å².